The van der Waals surface area contributed by atoms with E-state index >= 15 is 0 Å². The number of fused-ring (bicyclic) bond motifs is 1. The summed E-state index contributed by atoms with van der Waals surface area (Å²) in [6.45, 7) is 8.22. The normalized spacial score (nSPS) is 29.9. The maximum absolute atomic E-state index is 6.41. The summed E-state index contributed by atoms with van der Waals surface area (Å²) in [6.07, 6.45) is 1.25. The first-order valence-electron chi connectivity index (χ1n) is 7.13. The third-order valence-electron chi connectivity index (χ3n) is 4.50. The highest BCUT2D eigenvalue weighted by Gasteiger charge is 2.35. The molecule has 3 unspecified atom stereocenters. The molecule has 0 aromatic heterocycles. The summed E-state index contributed by atoms with van der Waals surface area (Å²) < 4.78 is 11.5. The van der Waals surface area contributed by atoms with Crippen LogP contribution in [0, 0.1) is 5.92 Å². The predicted octanol–water partition coefficient (Wildman–Crippen LogP) is 2.78. The van der Waals surface area contributed by atoms with Gasteiger partial charge in [0.1, 0.15) is 5.75 Å². The molecule has 0 saturated carbocycles. The molecule has 2 heterocycles. The zero-order valence-electron chi connectivity index (χ0n) is 12.0. The summed E-state index contributed by atoms with van der Waals surface area (Å²) in [5, 5.41) is 0. The van der Waals surface area contributed by atoms with Crippen molar-refractivity contribution in [3.63, 3.8) is 0 Å². The number of nitrogens with two attached hydrogens (primary N) is 1. The largest absolute Gasteiger partial charge is 0.492 e. The van der Waals surface area contributed by atoms with Crippen LogP contribution in [0.5, 0.6) is 5.75 Å². The lowest BCUT2D eigenvalue weighted by Crippen LogP contribution is -2.30. The first kappa shape index (κ1) is 12.9. The van der Waals surface area contributed by atoms with Gasteiger partial charge in [0.05, 0.1) is 18.8 Å². The molecular formula is C16H23NO2. The summed E-state index contributed by atoms with van der Waals surface area (Å²) in [7, 11) is 0. The number of hydrogen-bond acceptors (Lipinski definition) is 3. The van der Waals surface area contributed by atoms with E-state index in [1.54, 1.807) is 0 Å². The monoisotopic (exact) mass is 261 g/mol. The third kappa shape index (κ3) is 2.15. The fourth-order valence-corrected chi connectivity index (χ4v) is 3.11. The summed E-state index contributed by atoms with van der Waals surface area (Å²) in [4.78, 5) is 0. The van der Waals surface area contributed by atoms with Crippen molar-refractivity contribution in [2.75, 3.05) is 13.2 Å². The van der Waals surface area contributed by atoms with Crippen molar-refractivity contribution < 1.29 is 9.47 Å². The molecule has 3 atom stereocenters. The Bertz CT molecular complexity index is 484. The first-order valence-corrected chi connectivity index (χ1v) is 7.13. The van der Waals surface area contributed by atoms with E-state index in [1.807, 2.05) is 0 Å². The quantitative estimate of drug-likeness (QED) is 0.890. The molecule has 3 rings (SSSR count). The summed E-state index contributed by atoms with van der Waals surface area (Å²) in [5.74, 6) is 1.54. The molecule has 0 aliphatic carbocycles. The van der Waals surface area contributed by atoms with Gasteiger partial charge in [-0.1, -0.05) is 26.8 Å². The van der Waals surface area contributed by atoms with Gasteiger partial charge < -0.3 is 15.2 Å². The molecule has 0 bridgehead atoms. The zero-order chi connectivity index (χ0) is 13.6. The van der Waals surface area contributed by atoms with Gasteiger partial charge in [-0.05, 0) is 30.0 Å². The second-order valence-electron chi connectivity index (χ2n) is 6.56. The highest BCUT2D eigenvalue weighted by molar-refractivity contribution is 5.46. The molecule has 0 radical (unpaired) electrons. The highest BCUT2D eigenvalue weighted by Crippen LogP contribution is 2.40. The minimum Gasteiger partial charge on any atom is -0.492 e. The van der Waals surface area contributed by atoms with Crippen LogP contribution < -0.4 is 10.5 Å². The van der Waals surface area contributed by atoms with Crippen molar-refractivity contribution >= 4 is 0 Å². The number of ether oxygens (including phenoxy) is 2. The Kier molecular flexibility index (Phi) is 3.06. The number of benzene rings is 1. The lowest BCUT2D eigenvalue weighted by atomic mass is 9.84. The van der Waals surface area contributed by atoms with Gasteiger partial charge >= 0.3 is 0 Å². The molecule has 0 amide bonds. The lowest BCUT2D eigenvalue weighted by molar-refractivity contribution is 0.0724. The number of hydrogen-bond donors (Lipinski definition) is 1. The minimum atomic E-state index is -0.0424. The van der Waals surface area contributed by atoms with Crippen molar-refractivity contribution in [3.05, 3.63) is 29.3 Å². The fraction of sp³-hybridized carbons (Fsp3) is 0.625. The molecular weight excluding hydrogens is 238 g/mol. The minimum absolute atomic E-state index is 0.0424. The SMILES string of the molecule is CC1CCOC1C(N)c1ccc2c(c1)C(C)(C)CO2. The van der Waals surface area contributed by atoms with E-state index in [0.29, 0.717) is 5.92 Å². The smallest absolute Gasteiger partial charge is 0.123 e. The van der Waals surface area contributed by atoms with Gasteiger partial charge in [-0.2, -0.15) is 0 Å². The van der Waals surface area contributed by atoms with Crippen molar-refractivity contribution in [1.29, 1.82) is 0 Å². The van der Waals surface area contributed by atoms with Gasteiger partial charge in [-0.15, -0.1) is 0 Å². The van der Waals surface area contributed by atoms with Crippen LogP contribution >= 0.6 is 0 Å². The lowest BCUT2D eigenvalue weighted by Gasteiger charge is -2.24. The van der Waals surface area contributed by atoms with E-state index in [9.17, 15) is 0 Å². The van der Waals surface area contributed by atoms with Gasteiger partial charge in [-0.25, -0.2) is 0 Å². The van der Waals surface area contributed by atoms with Crippen LogP contribution in [-0.4, -0.2) is 19.3 Å². The molecule has 1 fully saturated rings. The molecule has 2 aliphatic heterocycles. The predicted molar refractivity (Wildman–Crippen MR) is 75.4 cm³/mol. The Morgan fingerprint density at radius 2 is 2.16 bits per heavy atom. The maximum atomic E-state index is 6.41. The molecule has 0 spiro atoms. The highest BCUT2D eigenvalue weighted by atomic mass is 16.5. The molecule has 3 heteroatoms. The zero-order valence-corrected chi connectivity index (χ0v) is 12.0. The topological polar surface area (TPSA) is 44.5 Å². The van der Waals surface area contributed by atoms with Crippen LogP contribution in [0.2, 0.25) is 0 Å². The Morgan fingerprint density at radius 3 is 2.84 bits per heavy atom. The number of rotatable bonds is 2. The Balaban J connectivity index is 1.90. The summed E-state index contributed by atoms with van der Waals surface area (Å²) >= 11 is 0. The van der Waals surface area contributed by atoms with Crippen molar-refractivity contribution in [2.24, 2.45) is 11.7 Å². The summed E-state index contributed by atoms with van der Waals surface area (Å²) in [5.41, 5.74) is 8.92. The van der Waals surface area contributed by atoms with Gasteiger partial charge in [0.15, 0.2) is 0 Å². The van der Waals surface area contributed by atoms with Gasteiger partial charge in [0.25, 0.3) is 0 Å². The van der Waals surface area contributed by atoms with E-state index in [4.69, 9.17) is 15.2 Å². The van der Waals surface area contributed by atoms with E-state index in [-0.39, 0.29) is 17.6 Å². The van der Waals surface area contributed by atoms with Crippen LogP contribution in [0.15, 0.2) is 18.2 Å². The Morgan fingerprint density at radius 1 is 1.37 bits per heavy atom. The van der Waals surface area contributed by atoms with Crippen LogP contribution in [0.1, 0.15) is 44.4 Å². The van der Waals surface area contributed by atoms with Crippen LogP contribution in [0.25, 0.3) is 0 Å². The van der Waals surface area contributed by atoms with Crippen LogP contribution in [0.3, 0.4) is 0 Å². The average molecular weight is 261 g/mol. The van der Waals surface area contributed by atoms with Crippen molar-refractivity contribution in [2.45, 2.75) is 44.8 Å². The van der Waals surface area contributed by atoms with Gasteiger partial charge in [-0.3, -0.25) is 0 Å². The van der Waals surface area contributed by atoms with Crippen LogP contribution in [-0.2, 0) is 10.2 Å². The average Bonchev–Trinajstić information content (AvgIpc) is 2.93. The van der Waals surface area contributed by atoms with E-state index in [1.165, 1.54) is 5.56 Å². The van der Waals surface area contributed by atoms with Crippen molar-refractivity contribution in [3.8, 4) is 5.75 Å². The first-order chi connectivity index (χ1) is 8.99. The maximum Gasteiger partial charge on any atom is 0.123 e. The van der Waals surface area contributed by atoms with E-state index < -0.39 is 0 Å². The second kappa shape index (κ2) is 4.50. The van der Waals surface area contributed by atoms with E-state index in [0.717, 1.165) is 30.9 Å². The molecule has 19 heavy (non-hydrogen) atoms. The molecule has 3 nitrogen and oxygen atoms in total. The third-order valence-corrected chi connectivity index (χ3v) is 4.50. The molecule has 104 valence electrons. The van der Waals surface area contributed by atoms with Crippen molar-refractivity contribution in [1.82, 2.24) is 0 Å². The Hall–Kier alpha value is -1.06. The standard InChI is InChI=1S/C16H23NO2/c1-10-6-7-18-15(10)14(17)11-4-5-13-12(8-11)16(2,3)9-19-13/h4-5,8,10,14-15H,6-7,9,17H2,1-3H3. The Labute approximate surface area is 115 Å². The van der Waals surface area contributed by atoms with Crippen LogP contribution in [0.4, 0.5) is 0 Å². The molecule has 2 N–H and O–H groups in total. The molecule has 2 aliphatic rings. The fourth-order valence-electron chi connectivity index (χ4n) is 3.11. The molecule has 1 aromatic carbocycles. The van der Waals surface area contributed by atoms with Gasteiger partial charge in [0, 0.05) is 17.6 Å². The van der Waals surface area contributed by atoms with E-state index in [2.05, 4.69) is 39.0 Å². The second-order valence-corrected chi connectivity index (χ2v) is 6.56. The van der Waals surface area contributed by atoms with Gasteiger partial charge in [0.2, 0.25) is 0 Å². The molecule has 1 aromatic rings. The molecule has 1 saturated heterocycles. The summed E-state index contributed by atoms with van der Waals surface area (Å²) in [6, 6.07) is 6.30.